The third kappa shape index (κ3) is 5.91. The van der Waals surface area contributed by atoms with E-state index >= 15 is 0 Å². The molecule has 2 N–H and O–H groups in total. The standard InChI is InChI=1S/C21H18Cl2N4O4/c1-27-18(21(30)31-26-27)12-17(25-19(28)14-5-3-2-4-6-14)20(29)24-10-9-13-7-8-15(22)11-16(13)23/h2-8,11-12,26H,9-10H2,1H3,(H,24,29)/b18-12+,25-17?. The summed E-state index contributed by atoms with van der Waals surface area (Å²) in [6.07, 6.45) is 1.62. The van der Waals surface area contributed by atoms with Gasteiger partial charge in [0.1, 0.15) is 11.4 Å². The lowest BCUT2D eigenvalue weighted by molar-refractivity contribution is -0.142. The van der Waals surface area contributed by atoms with E-state index in [4.69, 9.17) is 23.2 Å². The van der Waals surface area contributed by atoms with Gasteiger partial charge < -0.3 is 10.2 Å². The fourth-order valence-corrected chi connectivity index (χ4v) is 3.17. The Bertz CT molecular complexity index is 1070. The van der Waals surface area contributed by atoms with Crippen LogP contribution in [-0.4, -0.2) is 42.1 Å². The van der Waals surface area contributed by atoms with Crippen LogP contribution in [0.15, 0.2) is 65.3 Å². The van der Waals surface area contributed by atoms with Crippen molar-refractivity contribution in [3.05, 3.63) is 81.5 Å². The van der Waals surface area contributed by atoms with E-state index in [-0.39, 0.29) is 18.0 Å². The lowest BCUT2D eigenvalue weighted by atomic mass is 10.1. The molecule has 3 rings (SSSR count). The molecule has 0 radical (unpaired) electrons. The van der Waals surface area contributed by atoms with Crippen LogP contribution in [0.4, 0.5) is 0 Å². The van der Waals surface area contributed by atoms with Crippen molar-refractivity contribution in [1.29, 1.82) is 0 Å². The number of amides is 2. The second-order valence-corrected chi connectivity index (χ2v) is 7.32. The Kier molecular flexibility index (Phi) is 7.41. The Morgan fingerprint density at radius 1 is 1.19 bits per heavy atom. The minimum absolute atomic E-state index is 0.0236. The molecule has 1 aliphatic rings. The molecular weight excluding hydrogens is 443 g/mol. The Balaban J connectivity index is 1.79. The van der Waals surface area contributed by atoms with Gasteiger partial charge in [0.15, 0.2) is 0 Å². The molecule has 1 fully saturated rings. The zero-order chi connectivity index (χ0) is 22.4. The number of carbonyl (C=O) groups is 3. The van der Waals surface area contributed by atoms with Crippen molar-refractivity contribution >= 4 is 46.7 Å². The zero-order valence-electron chi connectivity index (χ0n) is 16.4. The van der Waals surface area contributed by atoms with Gasteiger partial charge in [0, 0.05) is 35.3 Å². The molecule has 2 aromatic rings. The van der Waals surface area contributed by atoms with Gasteiger partial charge in [0.05, 0.1) is 0 Å². The molecule has 0 unspecified atom stereocenters. The summed E-state index contributed by atoms with van der Waals surface area (Å²) in [4.78, 5) is 45.7. The van der Waals surface area contributed by atoms with Gasteiger partial charge in [0.2, 0.25) is 0 Å². The van der Waals surface area contributed by atoms with Gasteiger partial charge in [-0.3, -0.25) is 14.6 Å². The second-order valence-electron chi connectivity index (χ2n) is 6.48. The summed E-state index contributed by atoms with van der Waals surface area (Å²) in [5, 5.41) is 4.95. The number of carbonyl (C=O) groups excluding carboxylic acids is 3. The molecule has 0 aromatic heterocycles. The smallest absolute Gasteiger partial charge is 0.350 e. The molecule has 0 atom stereocenters. The topological polar surface area (TPSA) is 100 Å². The van der Waals surface area contributed by atoms with E-state index in [2.05, 4.69) is 20.7 Å². The lowest BCUT2D eigenvalue weighted by Crippen LogP contribution is -2.33. The lowest BCUT2D eigenvalue weighted by Gasteiger charge is -2.09. The number of hydrazine groups is 1. The van der Waals surface area contributed by atoms with Crippen LogP contribution < -0.4 is 10.9 Å². The first kappa shape index (κ1) is 22.5. The van der Waals surface area contributed by atoms with Crippen LogP contribution in [0.3, 0.4) is 0 Å². The number of hydrogen-bond donors (Lipinski definition) is 2. The van der Waals surface area contributed by atoms with Gasteiger partial charge in [-0.2, -0.15) is 0 Å². The number of rotatable bonds is 6. The summed E-state index contributed by atoms with van der Waals surface area (Å²) in [6.45, 7) is 0.223. The van der Waals surface area contributed by atoms with Crippen LogP contribution in [0.5, 0.6) is 0 Å². The molecule has 0 bridgehead atoms. The number of halogens is 2. The summed E-state index contributed by atoms with van der Waals surface area (Å²) < 4.78 is 0. The average molecular weight is 461 g/mol. The zero-order valence-corrected chi connectivity index (χ0v) is 17.9. The highest BCUT2D eigenvalue weighted by Gasteiger charge is 2.26. The van der Waals surface area contributed by atoms with Crippen LogP contribution in [-0.2, 0) is 20.8 Å². The summed E-state index contributed by atoms with van der Waals surface area (Å²) in [6, 6.07) is 13.4. The van der Waals surface area contributed by atoms with E-state index in [1.54, 1.807) is 48.5 Å². The molecule has 10 heteroatoms. The Morgan fingerprint density at radius 3 is 2.58 bits per heavy atom. The third-order valence-electron chi connectivity index (χ3n) is 4.29. The first-order valence-electron chi connectivity index (χ1n) is 9.17. The summed E-state index contributed by atoms with van der Waals surface area (Å²) in [5.74, 6) is -1.96. The summed E-state index contributed by atoms with van der Waals surface area (Å²) in [7, 11) is 1.52. The van der Waals surface area contributed by atoms with Crippen molar-refractivity contribution in [2.45, 2.75) is 6.42 Å². The van der Waals surface area contributed by atoms with Crippen LogP contribution in [0, 0.1) is 0 Å². The van der Waals surface area contributed by atoms with E-state index in [0.29, 0.717) is 22.0 Å². The summed E-state index contributed by atoms with van der Waals surface area (Å²) in [5.41, 5.74) is 3.23. The second kappa shape index (κ2) is 10.2. The van der Waals surface area contributed by atoms with E-state index in [9.17, 15) is 14.4 Å². The molecule has 1 aliphatic heterocycles. The number of likely N-dealkylation sites (N-methyl/N-ethyl adjacent to an activating group) is 1. The van der Waals surface area contributed by atoms with Crippen LogP contribution in [0.1, 0.15) is 15.9 Å². The van der Waals surface area contributed by atoms with Crippen molar-refractivity contribution in [1.82, 2.24) is 15.9 Å². The van der Waals surface area contributed by atoms with E-state index in [0.717, 1.165) is 5.56 Å². The molecule has 160 valence electrons. The number of aliphatic imine (C=N–C) groups is 1. The molecule has 8 nitrogen and oxygen atoms in total. The van der Waals surface area contributed by atoms with Crippen molar-refractivity contribution in [2.24, 2.45) is 4.99 Å². The maximum atomic E-state index is 12.8. The van der Waals surface area contributed by atoms with Gasteiger partial charge in [0.25, 0.3) is 11.8 Å². The quantitative estimate of drug-likeness (QED) is 0.507. The molecule has 31 heavy (non-hydrogen) atoms. The predicted octanol–water partition coefficient (Wildman–Crippen LogP) is 2.73. The molecule has 2 aromatic carbocycles. The maximum absolute atomic E-state index is 12.8. The highest BCUT2D eigenvalue weighted by Crippen LogP contribution is 2.21. The molecule has 0 saturated carbocycles. The van der Waals surface area contributed by atoms with E-state index < -0.39 is 17.8 Å². The molecule has 0 aliphatic carbocycles. The van der Waals surface area contributed by atoms with Crippen molar-refractivity contribution < 1.29 is 19.2 Å². The molecule has 0 spiro atoms. The number of nitrogens with one attached hydrogen (secondary N) is 2. The van der Waals surface area contributed by atoms with Gasteiger partial charge >= 0.3 is 5.97 Å². The Labute approximate surface area is 188 Å². The highest BCUT2D eigenvalue weighted by atomic mass is 35.5. The average Bonchev–Trinajstić information content (AvgIpc) is 3.07. The molecule has 2 amide bonds. The maximum Gasteiger partial charge on any atom is 0.376 e. The first-order chi connectivity index (χ1) is 14.8. The number of nitrogens with zero attached hydrogens (tertiary/aromatic N) is 2. The first-order valence-corrected chi connectivity index (χ1v) is 9.93. The predicted molar refractivity (Wildman–Crippen MR) is 116 cm³/mol. The number of hydrogen-bond acceptors (Lipinski definition) is 6. The van der Waals surface area contributed by atoms with Crippen LogP contribution in [0.2, 0.25) is 10.0 Å². The fourth-order valence-electron chi connectivity index (χ4n) is 2.66. The Hall–Kier alpha value is -3.20. The van der Waals surface area contributed by atoms with Gasteiger partial charge in [-0.15, -0.1) is 0 Å². The van der Waals surface area contributed by atoms with Crippen molar-refractivity contribution in [2.75, 3.05) is 13.6 Å². The normalized spacial score (nSPS) is 15.2. The molecule has 1 heterocycles. The monoisotopic (exact) mass is 460 g/mol. The van der Waals surface area contributed by atoms with Gasteiger partial charge in [-0.1, -0.05) is 53.1 Å². The SMILES string of the molecule is CN1NOC(=O)/C1=C\C(=NC(=O)c1ccccc1)C(=O)NCCc1ccc(Cl)cc1Cl. The fraction of sp³-hybridized carbons (Fsp3) is 0.143. The van der Waals surface area contributed by atoms with Gasteiger partial charge in [-0.05, 0) is 36.2 Å². The minimum atomic E-state index is -0.705. The summed E-state index contributed by atoms with van der Waals surface area (Å²) >= 11 is 12.0. The minimum Gasteiger partial charge on any atom is -0.350 e. The van der Waals surface area contributed by atoms with Crippen LogP contribution in [0.25, 0.3) is 0 Å². The Morgan fingerprint density at radius 2 is 1.94 bits per heavy atom. The third-order valence-corrected chi connectivity index (χ3v) is 4.88. The highest BCUT2D eigenvalue weighted by molar-refractivity contribution is 6.45. The van der Waals surface area contributed by atoms with Crippen molar-refractivity contribution in [3.8, 4) is 0 Å². The molecule has 1 saturated heterocycles. The number of benzene rings is 2. The largest absolute Gasteiger partial charge is 0.376 e. The van der Waals surface area contributed by atoms with E-state index in [1.165, 1.54) is 18.1 Å². The van der Waals surface area contributed by atoms with Crippen LogP contribution >= 0.6 is 23.2 Å². The molecular formula is C21H18Cl2N4O4. The van der Waals surface area contributed by atoms with Crippen molar-refractivity contribution in [3.63, 3.8) is 0 Å². The van der Waals surface area contributed by atoms with E-state index in [1.807, 2.05) is 0 Å². The van der Waals surface area contributed by atoms with Gasteiger partial charge in [-0.25, -0.2) is 9.79 Å².